The highest BCUT2D eigenvalue weighted by molar-refractivity contribution is 5.23. The third-order valence-electron chi connectivity index (χ3n) is 4.96. The zero-order valence-corrected chi connectivity index (χ0v) is 18.3. The van der Waals surface area contributed by atoms with E-state index in [1.165, 1.54) is 49.7 Å². The first-order valence-corrected chi connectivity index (χ1v) is 10.6. The van der Waals surface area contributed by atoms with E-state index in [0.29, 0.717) is 0 Å². The Bertz CT molecular complexity index is 335. The summed E-state index contributed by atoms with van der Waals surface area (Å²) in [6.07, 6.45) is 8.89. The highest BCUT2D eigenvalue weighted by Gasteiger charge is 2.22. The first kappa shape index (κ1) is 25.5. The maximum Gasteiger partial charge on any atom is -0.0391 e. The highest BCUT2D eigenvalue weighted by atomic mass is 14.3. The minimum atomic E-state index is 0.924. The Morgan fingerprint density at radius 2 is 1.25 bits per heavy atom. The molecule has 1 aliphatic carbocycles. The smallest absolute Gasteiger partial charge is 0.0391 e. The monoisotopic (exact) mass is 334 g/mol. The average molecular weight is 335 g/mol. The Hall–Kier alpha value is -0.780. The van der Waals surface area contributed by atoms with Gasteiger partial charge in [0.15, 0.2) is 0 Å². The largest absolute Gasteiger partial charge is 0.0683 e. The number of aryl methyl sites for hydroxylation is 2. The summed E-state index contributed by atoms with van der Waals surface area (Å²) in [5.41, 5.74) is 2.74. The maximum atomic E-state index is 2.38. The fourth-order valence-electron chi connectivity index (χ4n) is 3.21. The predicted molar refractivity (Wildman–Crippen MR) is 114 cm³/mol. The van der Waals surface area contributed by atoms with Crippen LogP contribution in [0.25, 0.3) is 0 Å². The Balaban J connectivity index is 0. The lowest BCUT2D eigenvalue weighted by molar-refractivity contribution is 0.216. The van der Waals surface area contributed by atoms with Gasteiger partial charge < -0.3 is 0 Å². The Kier molecular flexibility index (Phi) is 18.1. The van der Waals surface area contributed by atoms with Gasteiger partial charge in [-0.15, -0.1) is 0 Å². The summed E-state index contributed by atoms with van der Waals surface area (Å²) in [6, 6.07) is 8.36. The third-order valence-corrected chi connectivity index (χ3v) is 4.96. The molecule has 0 bridgehead atoms. The van der Waals surface area contributed by atoms with Crippen molar-refractivity contribution in [2.24, 2.45) is 17.8 Å². The first-order valence-electron chi connectivity index (χ1n) is 10.6. The zero-order valence-electron chi connectivity index (χ0n) is 18.3. The van der Waals surface area contributed by atoms with Crippen LogP contribution in [0.4, 0.5) is 0 Å². The topological polar surface area (TPSA) is 0 Å². The van der Waals surface area contributed by atoms with E-state index < -0.39 is 0 Å². The lowest BCUT2D eigenvalue weighted by Gasteiger charge is -2.30. The second kappa shape index (κ2) is 17.1. The van der Waals surface area contributed by atoms with E-state index >= 15 is 0 Å². The van der Waals surface area contributed by atoms with Gasteiger partial charge in [0, 0.05) is 0 Å². The van der Waals surface area contributed by atoms with Crippen LogP contribution in [0.1, 0.15) is 98.1 Å². The molecular weight excluding hydrogens is 288 g/mol. The molecule has 0 heteroatoms. The van der Waals surface area contributed by atoms with E-state index in [1.54, 1.807) is 0 Å². The molecule has 0 aromatic heterocycles. The van der Waals surface area contributed by atoms with Crippen molar-refractivity contribution in [1.29, 1.82) is 0 Å². The Morgan fingerprint density at radius 3 is 1.54 bits per heavy atom. The molecule has 0 unspecified atom stereocenters. The maximum absolute atomic E-state index is 2.38. The van der Waals surface area contributed by atoms with Crippen molar-refractivity contribution in [3.05, 3.63) is 35.4 Å². The number of hydrogen-bond acceptors (Lipinski definition) is 0. The molecule has 0 saturated heterocycles. The fourth-order valence-corrected chi connectivity index (χ4v) is 3.21. The van der Waals surface area contributed by atoms with Crippen LogP contribution in [0.3, 0.4) is 0 Å². The molecule has 1 aromatic carbocycles. The van der Waals surface area contributed by atoms with Crippen LogP contribution >= 0.6 is 0 Å². The summed E-state index contributed by atoms with van der Waals surface area (Å²) in [6.45, 7) is 19.3. The van der Waals surface area contributed by atoms with Gasteiger partial charge in [-0.2, -0.15) is 0 Å². The molecule has 1 aromatic rings. The number of hydrogen-bond donors (Lipinski definition) is 0. The molecule has 0 N–H and O–H groups in total. The van der Waals surface area contributed by atoms with Crippen molar-refractivity contribution in [2.75, 3.05) is 0 Å². The van der Waals surface area contributed by atoms with E-state index in [-0.39, 0.29) is 0 Å². The molecule has 0 atom stereocenters. The summed E-state index contributed by atoms with van der Waals surface area (Å²) in [4.78, 5) is 0. The molecule has 0 aliphatic heterocycles. The summed E-state index contributed by atoms with van der Waals surface area (Å²) >= 11 is 0. The summed E-state index contributed by atoms with van der Waals surface area (Å²) in [7, 11) is 0. The molecule has 1 fully saturated rings. The molecule has 2 rings (SSSR count). The third kappa shape index (κ3) is 11.7. The standard InChI is InChI=1S/C12H24.C8H10.2C2H6/c1-4-5-11-6-8-12(9-7-11)10(2)3;1-7-5-3-4-6-8(7)2;2*1-2/h10-12H,4-9H2,1-3H3;3-6H,1-2H3;2*1-2H3. The van der Waals surface area contributed by atoms with E-state index in [9.17, 15) is 0 Å². The van der Waals surface area contributed by atoms with Crippen molar-refractivity contribution in [3.63, 3.8) is 0 Å². The van der Waals surface area contributed by atoms with Crippen LogP contribution in [0.15, 0.2) is 24.3 Å². The van der Waals surface area contributed by atoms with E-state index in [0.717, 1.165) is 17.8 Å². The van der Waals surface area contributed by atoms with Gasteiger partial charge in [-0.3, -0.25) is 0 Å². The van der Waals surface area contributed by atoms with Crippen molar-refractivity contribution < 1.29 is 0 Å². The molecule has 0 nitrogen and oxygen atoms in total. The molecule has 1 aliphatic rings. The van der Waals surface area contributed by atoms with Gasteiger partial charge in [0.2, 0.25) is 0 Å². The van der Waals surface area contributed by atoms with Crippen LogP contribution in [0.2, 0.25) is 0 Å². The summed E-state index contributed by atoms with van der Waals surface area (Å²) in [5, 5.41) is 0. The molecule has 142 valence electrons. The van der Waals surface area contributed by atoms with Gasteiger partial charge in [0.05, 0.1) is 0 Å². The van der Waals surface area contributed by atoms with Crippen LogP contribution < -0.4 is 0 Å². The van der Waals surface area contributed by atoms with E-state index in [4.69, 9.17) is 0 Å². The fraction of sp³-hybridized carbons (Fsp3) is 0.750. The van der Waals surface area contributed by atoms with Gasteiger partial charge in [-0.05, 0) is 55.6 Å². The second-order valence-corrected chi connectivity index (χ2v) is 6.90. The molecular formula is C24H46. The normalized spacial score (nSPS) is 19.1. The van der Waals surface area contributed by atoms with Gasteiger partial charge in [0.1, 0.15) is 0 Å². The Morgan fingerprint density at radius 1 is 0.833 bits per heavy atom. The lowest BCUT2D eigenvalue weighted by Crippen LogP contribution is -2.18. The minimum absolute atomic E-state index is 0.924. The van der Waals surface area contributed by atoms with Crippen LogP contribution in [0, 0.1) is 31.6 Å². The number of benzene rings is 1. The summed E-state index contributed by atoms with van der Waals surface area (Å²) in [5.74, 6) is 3.04. The SMILES string of the molecule is CC.CC.CCCC1CCC(C(C)C)CC1.Cc1ccccc1C. The quantitative estimate of drug-likeness (QED) is 0.519. The minimum Gasteiger partial charge on any atom is -0.0683 e. The predicted octanol–water partition coefficient (Wildman–Crippen LogP) is 8.60. The van der Waals surface area contributed by atoms with Gasteiger partial charge >= 0.3 is 0 Å². The van der Waals surface area contributed by atoms with Crippen molar-refractivity contribution in [3.8, 4) is 0 Å². The van der Waals surface area contributed by atoms with Crippen molar-refractivity contribution in [2.45, 2.75) is 101 Å². The molecule has 0 radical (unpaired) electrons. The lowest BCUT2D eigenvalue weighted by atomic mass is 9.76. The van der Waals surface area contributed by atoms with E-state index in [2.05, 4.69) is 58.9 Å². The molecule has 0 amide bonds. The summed E-state index contributed by atoms with van der Waals surface area (Å²) < 4.78 is 0. The van der Waals surface area contributed by atoms with E-state index in [1.807, 2.05) is 27.7 Å². The van der Waals surface area contributed by atoms with Crippen LogP contribution in [0.5, 0.6) is 0 Å². The molecule has 0 heterocycles. The Labute approximate surface area is 154 Å². The van der Waals surface area contributed by atoms with Crippen molar-refractivity contribution >= 4 is 0 Å². The van der Waals surface area contributed by atoms with Crippen LogP contribution in [-0.2, 0) is 0 Å². The average Bonchev–Trinajstić information content (AvgIpc) is 2.62. The molecule has 24 heavy (non-hydrogen) atoms. The first-order chi connectivity index (χ1) is 11.5. The second-order valence-electron chi connectivity index (χ2n) is 6.90. The zero-order chi connectivity index (χ0) is 19.0. The highest BCUT2D eigenvalue weighted by Crippen LogP contribution is 2.34. The molecule has 0 spiro atoms. The van der Waals surface area contributed by atoms with Crippen molar-refractivity contribution in [1.82, 2.24) is 0 Å². The number of rotatable bonds is 3. The van der Waals surface area contributed by atoms with Gasteiger partial charge in [0.25, 0.3) is 0 Å². The molecule has 1 saturated carbocycles. The van der Waals surface area contributed by atoms with Gasteiger partial charge in [-0.25, -0.2) is 0 Å². The van der Waals surface area contributed by atoms with Crippen LogP contribution in [-0.4, -0.2) is 0 Å². The van der Waals surface area contributed by atoms with Gasteiger partial charge in [-0.1, -0.05) is 98.4 Å².